The summed E-state index contributed by atoms with van der Waals surface area (Å²) < 4.78 is 14.2. The molecule has 13 heavy (non-hydrogen) atoms. The summed E-state index contributed by atoms with van der Waals surface area (Å²) in [6.07, 6.45) is 0.923. The number of esters is 1. The van der Waals surface area contributed by atoms with Gasteiger partial charge in [0.2, 0.25) is 0 Å². The van der Waals surface area contributed by atoms with Gasteiger partial charge in [0.05, 0.1) is 7.11 Å². The first-order valence-electron chi connectivity index (χ1n) is 4.07. The molecule has 0 N–H and O–H groups in total. The molecule has 0 aromatic carbocycles. The lowest BCUT2D eigenvalue weighted by molar-refractivity contribution is -0.184. The highest BCUT2D eigenvalue weighted by Gasteiger charge is 2.47. The van der Waals surface area contributed by atoms with Crippen molar-refractivity contribution in [1.29, 1.82) is 0 Å². The van der Waals surface area contributed by atoms with Crippen molar-refractivity contribution >= 4 is 21.9 Å². The summed E-state index contributed by atoms with van der Waals surface area (Å²) in [7, 11) is 2.86. The highest BCUT2D eigenvalue weighted by molar-refractivity contribution is 9.10. The average Bonchev–Trinajstić information content (AvgIpc) is 2.17. The van der Waals surface area contributed by atoms with Gasteiger partial charge in [0.15, 0.2) is 10.6 Å². The number of methoxy groups -OCH3 is 2. The largest absolute Gasteiger partial charge is 0.468 e. The minimum absolute atomic E-state index is 0.348. The lowest BCUT2D eigenvalue weighted by Gasteiger charge is -2.35. The number of ether oxygens (including phenoxy) is 3. The molecule has 0 aromatic heterocycles. The Morgan fingerprint density at radius 3 is 2.85 bits per heavy atom. The van der Waals surface area contributed by atoms with Crippen LogP contribution in [-0.2, 0) is 19.0 Å². The van der Waals surface area contributed by atoms with Gasteiger partial charge in [0.1, 0.15) is 0 Å². The van der Waals surface area contributed by atoms with Crippen LogP contribution >= 0.6 is 15.9 Å². The molecule has 1 rings (SSSR count). The van der Waals surface area contributed by atoms with Crippen molar-refractivity contribution in [3.05, 3.63) is 0 Å². The van der Waals surface area contributed by atoms with Crippen LogP contribution in [0.25, 0.3) is 0 Å². The first-order valence-corrected chi connectivity index (χ1v) is 4.86. The fourth-order valence-corrected chi connectivity index (χ4v) is 2.15. The standard InChI is InChI=1S/C8H13BrO4/c1-11-6(10)8(9)4-3-5-13-7(8)12-2/h7H,3-5H2,1-2H3. The van der Waals surface area contributed by atoms with Crippen LogP contribution in [0.15, 0.2) is 0 Å². The molecule has 2 unspecified atom stereocenters. The van der Waals surface area contributed by atoms with Gasteiger partial charge >= 0.3 is 5.97 Å². The number of hydrogen-bond acceptors (Lipinski definition) is 4. The van der Waals surface area contributed by atoms with Gasteiger partial charge in [-0.2, -0.15) is 0 Å². The number of alkyl halides is 1. The molecule has 1 heterocycles. The number of hydrogen-bond donors (Lipinski definition) is 0. The van der Waals surface area contributed by atoms with Crippen LogP contribution in [0.4, 0.5) is 0 Å². The summed E-state index contributed by atoms with van der Waals surface area (Å²) in [6, 6.07) is 0. The Morgan fingerprint density at radius 1 is 1.62 bits per heavy atom. The second-order valence-electron chi connectivity index (χ2n) is 2.90. The molecule has 1 aliphatic rings. The molecule has 1 saturated heterocycles. The van der Waals surface area contributed by atoms with Crippen molar-refractivity contribution in [3.8, 4) is 0 Å². The summed E-state index contributed by atoms with van der Waals surface area (Å²) in [5, 5.41) is 0. The van der Waals surface area contributed by atoms with Crippen LogP contribution in [0, 0.1) is 0 Å². The number of carbonyl (C=O) groups is 1. The fourth-order valence-electron chi connectivity index (χ4n) is 1.39. The molecule has 4 nitrogen and oxygen atoms in total. The Hall–Kier alpha value is -0.130. The fraction of sp³-hybridized carbons (Fsp3) is 0.875. The third kappa shape index (κ3) is 2.03. The van der Waals surface area contributed by atoms with Gasteiger partial charge in [-0.1, -0.05) is 15.9 Å². The van der Waals surface area contributed by atoms with E-state index in [1.165, 1.54) is 14.2 Å². The Bertz CT molecular complexity index is 197. The second-order valence-corrected chi connectivity index (χ2v) is 4.31. The van der Waals surface area contributed by atoms with E-state index in [1.807, 2.05) is 0 Å². The number of halogens is 1. The van der Waals surface area contributed by atoms with Gasteiger partial charge in [-0.25, -0.2) is 0 Å². The molecule has 0 radical (unpaired) electrons. The van der Waals surface area contributed by atoms with Gasteiger partial charge < -0.3 is 14.2 Å². The summed E-state index contributed by atoms with van der Waals surface area (Å²) in [6.45, 7) is 0.614. The second kappa shape index (κ2) is 4.39. The quantitative estimate of drug-likeness (QED) is 0.545. The topological polar surface area (TPSA) is 44.8 Å². The van der Waals surface area contributed by atoms with Gasteiger partial charge in [-0.3, -0.25) is 4.79 Å². The van der Waals surface area contributed by atoms with Crippen molar-refractivity contribution < 1.29 is 19.0 Å². The average molecular weight is 253 g/mol. The number of rotatable bonds is 2. The lowest BCUT2D eigenvalue weighted by Crippen LogP contribution is -2.50. The van der Waals surface area contributed by atoms with Gasteiger partial charge in [0, 0.05) is 13.7 Å². The maximum absolute atomic E-state index is 11.4. The van der Waals surface area contributed by atoms with Crippen molar-refractivity contribution in [2.75, 3.05) is 20.8 Å². The maximum Gasteiger partial charge on any atom is 0.327 e. The zero-order chi connectivity index (χ0) is 9.90. The zero-order valence-corrected chi connectivity index (χ0v) is 9.30. The number of carbonyl (C=O) groups excluding carboxylic acids is 1. The Labute approximate surface area is 85.7 Å². The molecular formula is C8H13BrO4. The van der Waals surface area contributed by atoms with E-state index in [2.05, 4.69) is 20.7 Å². The molecule has 5 heteroatoms. The lowest BCUT2D eigenvalue weighted by atomic mass is 10.0. The third-order valence-electron chi connectivity index (χ3n) is 2.07. The van der Waals surface area contributed by atoms with E-state index in [0.29, 0.717) is 13.0 Å². The SMILES string of the molecule is COC(=O)C1(Br)CCCOC1OC. The predicted molar refractivity (Wildman–Crippen MR) is 49.7 cm³/mol. The summed E-state index contributed by atoms with van der Waals surface area (Å²) >= 11 is 3.32. The van der Waals surface area contributed by atoms with Gasteiger partial charge in [-0.15, -0.1) is 0 Å². The summed E-state index contributed by atoms with van der Waals surface area (Å²) in [4.78, 5) is 11.4. The Balaban J connectivity index is 2.76. The molecule has 2 atom stereocenters. The minimum Gasteiger partial charge on any atom is -0.468 e. The summed E-state index contributed by atoms with van der Waals surface area (Å²) in [5.41, 5.74) is 0. The maximum atomic E-state index is 11.4. The van der Waals surface area contributed by atoms with E-state index in [1.54, 1.807) is 0 Å². The van der Waals surface area contributed by atoms with Crippen molar-refractivity contribution in [3.63, 3.8) is 0 Å². The molecule has 0 aliphatic carbocycles. The highest BCUT2D eigenvalue weighted by Crippen LogP contribution is 2.35. The summed E-state index contributed by atoms with van der Waals surface area (Å²) in [5.74, 6) is -0.348. The molecule has 0 bridgehead atoms. The van der Waals surface area contributed by atoms with Crippen molar-refractivity contribution in [2.45, 2.75) is 23.5 Å². The van der Waals surface area contributed by atoms with E-state index in [-0.39, 0.29) is 5.97 Å². The van der Waals surface area contributed by atoms with Crippen LogP contribution in [-0.4, -0.2) is 37.4 Å². The molecular weight excluding hydrogens is 240 g/mol. The van der Waals surface area contributed by atoms with Crippen molar-refractivity contribution in [2.24, 2.45) is 0 Å². The highest BCUT2D eigenvalue weighted by atomic mass is 79.9. The predicted octanol–water partition coefficient (Wildman–Crippen LogP) is 1.08. The monoisotopic (exact) mass is 252 g/mol. The van der Waals surface area contributed by atoms with E-state index in [0.717, 1.165) is 6.42 Å². The van der Waals surface area contributed by atoms with Gasteiger partial charge in [0.25, 0.3) is 0 Å². The minimum atomic E-state index is -0.839. The van der Waals surface area contributed by atoms with E-state index in [9.17, 15) is 4.79 Å². The zero-order valence-electron chi connectivity index (χ0n) is 7.71. The van der Waals surface area contributed by atoms with E-state index < -0.39 is 10.6 Å². The van der Waals surface area contributed by atoms with Crippen LogP contribution in [0.5, 0.6) is 0 Å². The molecule has 0 saturated carbocycles. The Kier molecular flexibility index (Phi) is 3.70. The molecule has 1 fully saturated rings. The first-order chi connectivity index (χ1) is 6.15. The van der Waals surface area contributed by atoms with E-state index >= 15 is 0 Å². The molecule has 0 spiro atoms. The molecule has 1 aliphatic heterocycles. The molecule has 76 valence electrons. The first kappa shape index (κ1) is 10.9. The van der Waals surface area contributed by atoms with Crippen LogP contribution in [0.1, 0.15) is 12.8 Å². The van der Waals surface area contributed by atoms with Crippen LogP contribution in [0.2, 0.25) is 0 Å². The third-order valence-corrected chi connectivity index (χ3v) is 3.16. The Morgan fingerprint density at radius 2 is 2.31 bits per heavy atom. The smallest absolute Gasteiger partial charge is 0.327 e. The van der Waals surface area contributed by atoms with Crippen LogP contribution in [0.3, 0.4) is 0 Å². The molecule has 0 amide bonds. The van der Waals surface area contributed by atoms with E-state index in [4.69, 9.17) is 9.47 Å². The van der Waals surface area contributed by atoms with Gasteiger partial charge in [-0.05, 0) is 12.8 Å². The van der Waals surface area contributed by atoms with Crippen LogP contribution < -0.4 is 0 Å². The van der Waals surface area contributed by atoms with Crippen molar-refractivity contribution in [1.82, 2.24) is 0 Å². The molecule has 0 aromatic rings. The normalized spacial score (nSPS) is 34.2.